The molecular formula is C15H22N2OS. The van der Waals surface area contributed by atoms with Crippen molar-refractivity contribution >= 4 is 17.2 Å². The molecule has 4 heteroatoms. The lowest BCUT2D eigenvalue weighted by Crippen LogP contribution is -2.42. The van der Waals surface area contributed by atoms with Gasteiger partial charge in [-0.3, -0.25) is 10.1 Å². The van der Waals surface area contributed by atoms with Gasteiger partial charge < -0.3 is 4.90 Å². The Bertz CT molecular complexity index is 425. The lowest BCUT2D eigenvalue weighted by atomic mass is 9.84. The second kappa shape index (κ2) is 5.63. The lowest BCUT2D eigenvalue weighted by molar-refractivity contribution is -0.131. The third-order valence-electron chi connectivity index (χ3n) is 4.60. The Hall–Kier alpha value is -0.870. The van der Waals surface area contributed by atoms with E-state index in [4.69, 9.17) is 0 Å². The smallest absolute Gasteiger partial charge is 0.238 e. The Morgan fingerprint density at radius 3 is 2.84 bits per heavy atom. The Morgan fingerprint density at radius 1 is 1.37 bits per heavy atom. The van der Waals surface area contributed by atoms with E-state index in [0.29, 0.717) is 18.5 Å². The van der Waals surface area contributed by atoms with Crippen LogP contribution in [-0.4, -0.2) is 23.4 Å². The molecule has 1 saturated heterocycles. The van der Waals surface area contributed by atoms with Crippen LogP contribution in [0.5, 0.6) is 0 Å². The molecule has 19 heavy (non-hydrogen) atoms. The Balaban J connectivity index is 1.77. The van der Waals surface area contributed by atoms with Crippen LogP contribution in [0.3, 0.4) is 0 Å². The molecule has 2 atom stereocenters. The minimum atomic E-state index is 0.101. The second-order valence-corrected chi connectivity index (χ2v) is 6.72. The number of carbonyl (C=O) groups is 1. The average Bonchev–Trinajstić information content (AvgIpc) is 3.08. The van der Waals surface area contributed by atoms with Gasteiger partial charge >= 0.3 is 0 Å². The van der Waals surface area contributed by atoms with Crippen LogP contribution in [0.2, 0.25) is 0 Å². The number of hydrogen-bond donors (Lipinski definition) is 1. The number of hydrogen-bond acceptors (Lipinski definition) is 3. The van der Waals surface area contributed by atoms with Crippen molar-refractivity contribution < 1.29 is 4.79 Å². The third-order valence-corrected chi connectivity index (χ3v) is 5.52. The number of carbonyl (C=O) groups excluding carboxylic acids is 1. The molecule has 0 spiro atoms. The summed E-state index contributed by atoms with van der Waals surface area (Å²) < 4.78 is 0. The zero-order valence-electron chi connectivity index (χ0n) is 11.5. The molecule has 0 aromatic carbocycles. The van der Waals surface area contributed by atoms with E-state index in [9.17, 15) is 4.79 Å². The molecule has 1 amide bonds. The molecule has 2 aliphatic rings. The topological polar surface area (TPSA) is 32.3 Å². The van der Waals surface area contributed by atoms with Gasteiger partial charge in [0.15, 0.2) is 0 Å². The Morgan fingerprint density at radius 2 is 2.16 bits per heavy atom. The molecule has 1 N–H and O–H groups in total. The van der Waals surface area contributed by atoms with Gasteiger partial charge in [-0.25, -0.2) is 0 Å². The first-order valence-corrected chi connectivity index (χ1v) is 8.23. The van der Waals surface area contributed by atoms with Crippen LogP contribution in [0.15, 0.2) is 17.5 Å². The normalized spacial score (nSPS) is 26.9. The summed E-state index contributed by atoms with van der Waals surface area (Å²) in [6.07, 6.45) is 6.68. The Kier molecular flexibility index (Phi) is 3.89. The van der Waals surface area contributed by atoms with E-state index < -0.39 is 0 Å². The van der Waals surface area contributed by atoms with Gasteiger partial charge in [-0.2, -0.15) is 0 Å². The maximum Gasteiger partial charge on any atom is 0.238 e. The van der Waals surface area contributed by atoms with E-state index in [0.717, 1.165) is 0 Å². The summed E-state index contributed by atoms with van der Waals surface area (Å²) in [6, 6.07) is 4.55. The van der Waals surface area contributed by atoms with Crippen molar-refractivity contribution in [3.8, 4) is 0 Å². The molecule has 3 rings (SSSR count). The summed E-state index contributed by atoms with van der Waals surface area (Å²) in [4.78, 5) is 15.6. The maximum atomic E-state index is 12.2. The fraction of sp³-hybridized carbons (Fsp3) is 0.667. The van der Waals surface area contributed by atoms with Gasteiger partial charge in [-0.1, -0.05) is 25.3 Å². The molecule has 1 aliphatic heterocycles. The first kappa shape index (κ1) is 13.1. The molecule has 1 aliphatic carbocycles. The minimum Gasteiger partial charge on any atom is -0.318 e. The summed E-state index contributed by atoms with van der Waals surface area (Å²) >= 11 is 1.73. The molecule has 3 nitrogen and oxygen atoms in total. The first-order chi connectivity index (χ1) is 9.27. The van der Waals surface area contributed by atoms with Gasteiger partial charge in [0.05, 0.1) is 6.54 Å². The highest BCUT2D eigenvalue weighted by atomic mass is 32.1. The van der Waals surface area contributed by atoms with Crippen molar-refractivity contribution in [2.75, 3.05) is 6.54 Å². The number of rotatable bonds is 3. The van der Waals surface area contributed by atoms with E-state index in [-0.39, 0.29) is 12.1 Å². The molecule has 0 bridgehead atoms. The van der Waals surface area contributed by atoms with Crippen LogP contribution in [0.1, 0.15) is 50.1 Å². The highest BCUT2D eigenvalue weighted by Crippen LogP contribution is 2.35. The van der Waals surface area contributed by atoms with E-state index in [1.807, 2.05) is 0 Å². The van der Waals surface area contributed by atoms with Gasteiger partial charge in [-0.05, 0) is 37.1 Å². The third kappa shape index (κ3) is 2.56. The van der Waals surface area contributed by atoms with Crippen LogP contribution in [0.4, 0.5) is 0 Å². The van der Waals surface area contributed by atoms with Crippen LogP contribution in [-0.2, 0) is 4.79 Å². The minimum absolute atomic E-state index is 0.101. The number of amides is 1. The Labute approximate surface area is 119 Å². The zero-order valence-corrected chi connectivity index (χ0v) is 12.3. The standard InChI is InChI=1S/C15H22N2OS/c1-11(12-6-3-2-4-7-12)17-14(18)10-16-15(17)13-8-5-9-19-13/h5,8-9,11-12,15-16H,2-4,6-7,10H2,1H3. The molecule has 2 unspecified atom stereocenters. The van der Waals surface area contributed by atoms with Crippen molar-refractivity contribution in [2.24, 2.45) is 5.92 Å². The SMILES string of the molecule is CC(C1CCCCC1)N1C(=O)CNC1c1cccs1. The predicted molar refractivity (Wildman–Crippen MR) is 77.9 cm³/mol. The first-order valence-electron chi connectivity index (χ1n) is 7.35. The van der Waals surface area contributed by atoms with Crippen molar-refractivity contribution in [2.45, 2.75) is 51.2 Å². The van der Waals surface area contributed by atoms with E-state index >= 15 is 0 Å². The van der Waals surface area contributed by atoms with Crippen LogP contribution < -0.4 is 5.32 Å². The lowest BCUT2D eigenvalue weighted by Gasteiger charge is -2.37. The molecule has 1 saturated carbocycles. The highest BCUT2D eigenvalue weighted by molar-refractivity contribution is 7.10. The fourth-order valence-electron chi connectivity index (χ4n) is 3.51. The number of nitrogens with one attached hydrogen (secondary N) is 1. The van der Waals surface area contributed by atoms with Gasteiger partial charge in [0.25, 0.3) is 0 Å². The van der Waals surface area contributed by atoms with Gasteiger partial charge in [0.1, 0.15) is 6.17 Å². The molecule has 0 radical (unpaired) electrons. The van der Waals surface area contributed by atoms with Gasteiger partial charge in [0.2, 0.25) is 5.91 Å². The second-order valence-electron chi connectivity index (χ2n) is 5.74. The summed E-state index contributed by atoms with van der Waals surface area (Å²) in [5.74, 6) is 0.941. The molecule has 2 fully saturated rings. The predicted octanol–water partition coefficient (Wildman–Crippen LogP) is 3.15. The number of thiophene rings is 1. The molecular weight excluding hydrogens is 256 g/mol. The molecule has 1 aromatic rings. The van der Waals surface area contributed by atoms with Crippen molar-refractivity contribution in [3.63, 3.8) is 0 Å². The largest absolute Gasteiger partial charge is 0.318 e. The van der Waals surface area contributed by atoms with Crippen molar-refractivity contribution in [1.82, 2.24) is 10.2 Å². The number of nitrogens with zero attached hydrogens (tertiary/aromatic N) is 1. The van der Waals surface area contributed by atoms with Gasteiger partial charge in [-0.15, -0.1) is 11.3 Å². The van der Waals surface area contributed by atoms with Crippen molar-refractivity contribution in [3.05, 3.63) is 22.4 Å². The maximum absolute atomic E-state index is 12.2. The monoisotopic (exact) mass is 278 g/mol. The van der Waals surface area contributed by atoms with Crippen molar-refractivity contribution in [1.29, 1.82) is 0 Å². The van der Waals surface area contributed by atoms with Gasteiger partial charge in [0, 0.05) is 10.9 Å². The zero-order chi connectivity index (χ0) is 13.2. The fourth-order valence-corrected chi connectivity index (χ4v) is 4.31. The summed E-state index contributed by atoms with van der Waals surface area (Å²) in [5.41, 5.74) is 0. The molecule has 2 heterocycles. The van der Waals surface area contributed by atoms with E-state index in [2.05, 4.69) is 34.7 Å². The van der Waals surface area contributed by atoms with Crippen LogP contribution >= 0.6 is 11.3 Å². The van der Waals surface area contributed by atoms with Crippen LogP contribution in [0, 0.1) is 5.92 Å². The van der Waals surface area contributed by atoms with E-state index in [1.54, 1.807) is 11.3 Å². The van der Waals surface area contributed by atoms with E-state index in [1.165, 1.54) is 37.0 Å². The summed E-state index contributed by atoms with van der Waals surface area (Å²) in [6.45, 7) is 2.72. The summed E-state index contributed by atoms with van der Waals surface area (Å²) in [5, 5.41) is 5.45. The quantitative estimate of drug-likeness (QED) is 0.921. The van der Waals surface area contributed by atoms with Crippen LogP contribution in [0.25, 0.3) is 0 Å². The molecule has 104 valence electrons. The summed E-state index contributed by atoms with van der Waals surface area (Å²) in [7, 11) is 0. The average molecular weight is 278 g/mol. The highest BCUT2D eigenvalue weighted by Gasteiger charge is 2.38. The molecule has 1 aromatic heterocycles.